The Morgan fingerprint density at radius 3 is 2.12 bits per heavy atom. The molecule has 1 aliphatic rings. The van der Waals surface area contributed by atoms with Crippen LogP contribution >= 0.6 is 0 Å². The number of rotatable bonds is 2. The lowest BCUT2D eigenvalue weighted by atomic mass is 9.83. The monoisotopic (exact) mass is 238 g/mol. The first-order chi connectivity index (χ1) is 7.97. The Bertz CT molecular complexity index is 393. The van der Waals surface area contributed by atoms with E-state index in [-0.39, 0.29) is 5.56 Å². The van der Waals surface area contributed by atoms with E-state index in [0.717, 1.165) is 25.3 Å². The van der Waals surface area contributed by atoms with Crippen molar-refractivity contribution in [2.45, 2.75) is 44.4 Å². The van der Waals surface area contributed by atoms with E-state index in [4.69, 9.17) is 0 Å². The molecule has 1 aromatic rings. The van der Waals surface area contributed by atoms with Crippen molar-refractivity contribution in [1.82, 2.24) is 0 Å². The van der Waals surface area contributed by atoms with Gasteiger partial charge in [-0.1, -0.05) is 24.3 Å². The smallest absolute Gasteiger partial charge is 0.270 e. The fourth-order valence-corrected chi connectivity index (χ4v) is 2.32. The number of hydrogen-bond acceptors (Lipinski definition) is 1. The zero-order chi connectivity index (χ0) is 12.5. The molecule has 0 bridgehead atoms. The summed E-state index contributed by atoms with van der Waals surface area (Å²) in [6.07, 6.45) is 2.94. The van der Waals surface area contributed by atoms with Gasteiger partial charge in [-0.25, -0.2) is 8.78 Å². The van der Waals surface area contributed by atoms with Gasteiger partial charge in [0.25, 0.3) is 5.92 Å². The molecular formula is C14H16F2O. The lowest BCUT2D eigenvalue weighted by Gasteiger charge is -2.22. The van der Waals surface area contributed by atoms with Crippen LogP contribution in [0, 0.1) is 0 Å². The van der Waals surface area contributed by atoms with Crippen molar-refractivity contribution in [3.63, 3.8) is 0 Å². The van der Waals surface area contributed by atoms with Gasteiger partial charge in [0.1, 0.15) is 5.78 Å². The predicted molar refractivity (Wildman–Crippen MR) is 62.2 cm³/mol. The number of halogens is 2. The average molecular weight is 238 g/mol. The van der Waals surface area contributed by atoms with Gasteiger partial charge in [-0.3, -0.25) is 4.79 Å². The molecule has 0 N–H and O–H groups in total. The van der Waals surface area contributed by atoms with Crippen LogP contribution in [0.15, 0.2) is 24.3 Å². The van der Waals surface area contributed by atoms with Crippen molar-refractivity contribution in [3.05, 3.63) is 35.4 Å². The second-order valence-corrected chi connectivity index (χ2v) is 4.82. The molecule has 2 rings (SSSR count). The van der Waals surface area contributed by atoms with Gasteiger partial charge in [0, 0.05) is 25.3 Å². The van der Waals surface area contributed by atoms with Crippen molar-refractivity contribution in [2.75, 3.05) is 0 Å². The fourth-order valence-electron chi connectivity index (χ4n) is 2.32. The zero-order valence-electron chi connectivity index (χ0n) is 9.88. The quantitative estimate of drug-likeness (QED) is 0.760. The van der Waals surface area contributed by atoms with Crippen LogP contribution in [-0.2, 0) is 10.7 Å². The molecular weight excluding hydrogens is 222 g/mol. The Hall–Kier alpha value is -1.25. The summed E-state index contributed by atoms with van der Waals surface area (Å²) < 4.78 is 26.1. The van der Waals surface area contributed by atoms with Crippen molar-refractivity contribution < 1.29 is 13.6 Å². The highest BCUT2D eigenvalue weighted by atomic mass is 19.3. The van der Waals surface area contributed by atoms with E-state index < -0.39 is 5.92 Å². The summed E-state index contributed by atoms with van der Waals surface area (Å²) in [7, 11) is 0. The minimum atomic E-state index is -2.78. The molecule has 1 aliphatic carbocycles. The Kier molecular flexibility index (Phi) is 3.27. The SMILES string of the molecule is CC(F)(F)c1ccc(C2CCC(=O)CC2)cc1. The number of benzene rings is 1. The largest absolute Gasteiger partial charge is 0.300 e. The molecule has 0 heterocycles. The zero-order valence-corrected chi connectivity index (χ0v) is 9.88. The second kappa shape index (κ2) is 4.55. The highest BCUT2D eigenvalue weighted by Crippen LogP contribution is 2.33. The molecule has 0 aromatic heterocycles. The van der Waals surface area contributed by atoms with E-state index in [1.165, 1.54) is 12.1 Å². The van der Waals surface area contributed by atoms with Gasteiger partial charge in [0.2, 0.25) is 0 Å². The molecule has 1 aromatic carbocycles. The van der Waals surface area contributed by atoms with E-state index in [2.05, 4.69) is 0 Å². The Morgan fingerprint density at radius 2 is 1.65 bits per heavy atom. The van der Waals surface area contributed by atoms with Crippen molar-refractivity contribution in [3.8, 4) is 0 Å². The Labute approximate surface area is 99.8 Å². The minimum Gasteiger partial charge on any atom is -0.300 e. The lowest BCUT2D eigenvalue weighted by molar-refractivity contribution is -0.120. The molecule has 0 spiro atoms. The first-order valence-electron chi connectivity index (χ1n) is 5.97. The van der Waals surface area contributed by atoms with Gasteiger partial charge >= 0.3 is 0 Å². The van der Waals surface area contributed by atoms with E-state index in [1.807, 2.05) is 0 Å². The third-order valence-corrected chi connectivity index (χ3v) is 3.43. The fraction of sp³-hybridized carbons (Fsp3) is 0.500. The van der Waals surface area contributed by atoms with Gasteiger partial charge < -0.3 is 0 Å². The molecule has 17 heavy (non-hydrogen) atoms. The highest BCUT2D eigenvalue weighted by Gasteiger charge is 2.25. The van der Waals surface area contributed by atoms with E-state index in [1.54, 1.807) is 12.1 Å². The number of carbonyl (C=O) groups excluding carboxylic acids is 1. The summed E-state index contributed by atoms with van der Waals surface area (Å²) in [5.74, 6) is -2.11. The summed E-state index contributed by atoms with van der Waals surface area (Å²) in [4.78, 5) is 11.1. The summed E-state index contributed by atoms with van der Waals surface area (Å²) in [5.41, 5.74) is 1.12. The lowest BCUT2D eigenvalue weighted by Crippen LogP contribution is -2.13. The van der Waals surface area contributed by atoms with Gasteiger partial charge in [0.05, 0.1) is 0 Å². The minimum absolute atomic E-state index is 0.0492. The van der Waals surface area contributed by atoms with E-state index >= 15 is 0 Å². The molecule has 0 radical (unpaired) electrons. The van der Waals surface area contributed by atoms with Crippen LogP contribution in [0.4, 0.5) is 8.78 Å². The van der Waals surface area contributed by atoms with Gasteiger partial charge in [0.15, 0.2) is 0 Å². The molecule has 1 fully saturated rings. The average Bonchev–Trinajstić information content (AvgIpc) is 2.29. The van der Waals surface area contributed by atoms with E-state index in [9.17, 15) is 13.6 Å². The van der Waals surface area contributed by atoms with E-state index in [0.29, 0.717) is 24.5 Å². The molecule has 0 atom stereocenters. The maximum Gasteiger partial charge on any atom is 0.270 e. The van der Waals surface area contributed by atoms with Crippen molar-refractivity contribution >= 4 is 5.78 Å². The molecule has 0 aliphatic heterocycles. The number of carbonyl (C=O) groups is 1. The summed E-state index contributed by atoms with van der Waals surface area (Å²) in [5, 5.41) is 0. The maximum atomic E-state index is 13.0. The molecule has 92 valence electrons. The molecule has 0 saturated heterocycles. The van der Waals surface area contributed by atoms with Crippen LogP contribution < -0.4 is 0 Å². The third-order valence-electron chi connectivity index (χ3n) is 3.43. The third kappa shape index (κ3) is 2.90. The number of hydrogen-bond donors (Lipinski definition) is 0. The topological polar surface area (TPSA) is 17.1 Å². The Balaban J connectivity index is 2.10. The van der Waals surface area contributed by atoms with Crippen LogP contribution in [0.3, 0.4) is 0 Å². The first-order valence-corrected chi connectivity index (χ1v) is 5.97. The molecule has 0 unspecified atom stereocenters. The second-order valence-electron chi connectivity index (χ2n) is 4.82. The summed E-state index contributed by atoms with van der Waals surface area (Å²) in [6, 6.07) is 6.53. The molecule has 3 heteroatoms. The van der Waals surface area contributed by atoms with Crippen LogP contribution in [-0.4, -0.2) is 5.78 Å². The first kappa shape index (κ1) is 12.2. The van der Waals surface area contributed by atoms with Crippen molar-refractivity contribution in [1.29, 1.82) is 0 Å². The Morgan fingerprint density at radius 1 is 1.12 bits per heavy atom. The molecule has 1 nitrogen and oxygen atoms in total. The summed E-state index contributed by atoms with van der Waals surface area (Å²) in [6.45, 7) is 0.904. The number of Topliss-reactive ketones (excluding diaryl/α,β-unsaturated/α-hetero) is 1. The predicted octanol–water partition coefficient (Wildman–Crippen LogP) is 4.03. The number of ketones is 1. The molecule has 0 amide bonds. The standard InChI is InChI=1S/C14H16F2O/c1-14(15,16)12-6-2-10(3-7-12)11-4-8-13(17)9-5-11/h2-3,6-7,11H,4-5,8-9H2,1H3. The van der Waals surface area contributed by atoms with Crippen LogP contribution in [0.5, 0.6) is 0 Å². The number of alkyl halides is 2. The van der Waals surface area contributed by atoms with Crippen molar-refractivity contribution in [2.24, 2.45) is 0 Å². The van der Waals surface area contributed by atoms with Gasteiger partial charge in [-0.2, -0.15) is 0 Å². The molecule has 1 saturated carbocycles. The van der Waals surface area contributed by atoms with Crippen LogP contribution in [0.25, 0.3) is 0 Å². The van der Waals surface area contributed by atoms with Crippen LogP contribution in [0.2, 0.25) is 0 Å². The van der Waals surface area contributed by atoms with Gasteiger partial charge in [-0.05, 0) is 24.3 Å². The van der Waals surface area contributed by atoms with Gasteiger partial charge in [-0.15, -0.1) is 0 Å². The normalized spacial score (nSPS) is 18.4. The van der Waals surface area contributed by atoms with Crippen LogP contribution in [0.1, 0.15) is 49.7 Å². The summed E-state index contributed by atoms with van der Waals surface area (Å²) >= 11 is 0. The highest BCUT2D eigenvalue weighted by molar-refractivity contribution is 5.79. The maximum absolute atomic E-state index is 13.0.